The molecule has 0 saturated carbocycles. The van der Waals surface area contributed by atoms with Gasteiger partial charge in [-0.1, -0.05) is 48.5 Å². The van der Waals surface area contributed by atoms with E-state index in [1.165, 1.54) is 29.4 Å². The Labute approximate surface area is 157 Å². The number of nitrogens with one attached hydrogen (secondary N) is 2. The van der Waals surface area contributed by atoms with Gasteiger partial charge >= 0.3 is 6.18 Å². The van der Waals surface area contributed by atoms with Crippen LogP contribution >= 0.6 is 0 Å². The fourth-order valence-corrected chi connectivity index (χ4v) is 3.68. The zero-order valence-corrected chi connectivity index (χ0v) is 15.1. The minimum absolute atomic E-state index is 0.0548. The van der Waals surface area contributed by atoms with Gasteiger partial charge in [0, 0.05) is 18.4 Å². The van der Waals surface area contributed by atoms with Crippen LogP contribution in [-0.2, 0) is 17.4 Å². The van der Waals surface area contributed by atoms with Gasteiger partial charge in [-0.3, -0.25) is 4.79 Å². The lowest BCUT2D eigenvalue weighted by Gasteiger charge is -2.25. The maximum atomic E-state index is 12.8. The number of rotatable bonds is 6. The summed E-state index contributed by atoms with van der Waals surface area (Å²) in [6.07, 6.45) is -2.10. The summed E-state index contributed by atoms with van der Waals surface area (Å²) in [5.74, 6) is -0.256. The third-order valence-corrected chi connectivity index (χ3v) is 5.06. The second kappa shape index (κ2) is 8.57. The van der Waals surface area contributed by atoms with Crippen molar-refractivity contribution in [3.63, 3.8) is 0 Å². The smallest absolute Gasteiger partial charge is 0.349 e. The van der Waals surface area contributed by atoms with Crippen LogP contribution < -0.4 is 10.2 Å². The molecule has 2 N–H and O–H groups in total. The SMILES string of the molecule is O=C(Cc1cccc(C(F)(F)F)c1)NC[C@H](c1ccccc1)[NH+]1CCCC1. The summed E-state index contributed by atoms with van der Waals surface area (Å²) in [4.78, 5) is 13.8. The molecule has 144 valence electrons. The van der Waals surface area contributed by atoms with Gasteiger partial charge in [0.1, 0.15) is 6.04 Å². The topological polar surface area (TPSA) is 33.5 Å². The summed E-state index contributed by atoms with van der Waals surface area (Å²) in [5.41, 5.74) is 0.817. The molecule has 2 aromatic carbocycles. The van der Waals surface area contributed by atoms with Gasteiger partial charge in [-0.25, -0.2) is 0 Å². The lowest BCUT2D eigenvalue weighted by molar-refractivity contribution is -0.918. The molecule has 0 unspecified atom stereocenters. The molecule has 0 bridgehead atoms. The molecule has 27 heavy (non-hydrogen) atoms. The van der Waals surface area contributed by atoms with E-state index in [4.69, 9.17) is 0 Å². The number of alkyl halides is 3. The fraction of sp³-hybridized carbons (Fsp3) is 0.381. The molecule has 0 aromatic heterocycles. The Bertz CT molecular complexity index is 756. The van der Waals surface area contributed by atoms with Crippen LogP contribution in [0.2, 0.25) is 0 Å². The number of carbonyl (C=O) groups is 1. The first kappa shape index (κ1) is 19.4. The number of hydrogen-bond donors (Lipinski definition) is 2. The molecule has 0 spiro atoms. The van der Waals surface area contributed by atoms with Crippen LogP contribution in [-0.4, -0.2) is 25.5 Å². The predicted octanol–water partition coefficient (Wildman–Crippen LogP) is 2.78. The molecule has 1 aliphatic rings. The summed E-state index contributed by atoms with van der Waals surface area (Å²) in [6.45, 7) is 2.63. The van der Waals surface area contributed by atoms with Gasteiger partial charge in [0.25, 0.3) is 0 Å². The molecule has 1 heterocycles. The Morgan fingerprint density at radius 1 is 1.04 bits per heavy atom. The molecule has 2 aromatic rings. The molecule has 1 aliphatic heterocycles. The van der Waals surface area contributed by atoms with Gasteiger partial charge in [-0.2, -0.15) is 13.2 Å². The van der Waals surface area contributed by atoms with Gasteiger partial charge in [0.2, 0.25) is 5.91 Å². The third kappa shape index (κ3) is 5.32. The number of amides is 1. The monoisotopic (exact) mass is 377 g/mol. The van der Waals surface area contributed by atoms with E-state index in [-0.39, 0.29) is 18.4 Å². The van der Waals surface area contributed by atoms with Gasteiger partial charge in [0.05, 0.1) is 31.6 Å². The summed E-state index contributed by atoms with van der Waals surface area (Å²) < 4.78 is 38.4. The van der Waals surface area contributed by atoms with E-state index < -0.39 is 11.7 Å². The van der Waals surface area contributed by atoms with Crippen LogP contribution in [0.25, 0.3) is 0 Å². The first-order valence-corrected chi connectivity index (χ1v) is 9.26. The number of likely N-dealkylation sites (tertiary alicyclic amines) is 1. The van der Waals surface area contributed by atoms with Crippen LogP contribution in [0.4, 0.5) is 13.2 Å². The third-order valence-electron chi connectivity index (χ3n) is 5.06. The van der Waals surface area contributed by atoms with Crippen molar-refractivity contribution in [1.29, 1.82) is 0 Å². The Morgan fingerprint density at radius 3 is 2.41 bits per heavy atom. The Morgan fingerprint density at radius 2 is 1.74 bits per heavy atom. The summed E-state index contributed by atoms with van der Waals surface area (Å²) in [7, 11) is 0. The molecular formula is C21H24F3N2O+. The van der Waals surface area contributed by atoms with Crippen molar-refractivity contribution >= 4 is 5.91 Å². The van der Waals surface area contributed by atoms with E-state index in [2.05, 4.69) is 17.4 Å². The largest absolute Gasteiger partial charge is 0.416 e. The van der Waals surface area contributed by atoms with Crippen molar-refractivity contribution in [3.8, 4) is 0 Å². The van der Waals surface area contributed by atoms with Crippen LogP contribution in [0.1, 0.15) is 35.6 Å². The average molecular weight is 377 g/mol. The molecule has 3 nitrogen and oxygen atoms in total. The van der Waals surface area contributed by atoms with E-state index in [1.54, 1.807) is 6.07 Å². The van der Waals surface area contributed by atoms with Crippen molar-refractivity contribution < 1.29 is 22.9 Å². The molecule has 1 saturated heterocycles. The van der Waals surface area contributed by atoms with Crippen molar-refractivity contribution in [3.05, 3.63) is 71.3 Å². The minimum Gasteiger partial charge on any atom is -0.349 e. The number of hydrogen-bond acceptors (Lipinski definition) is 1. The van der Waals surface area contributed by atoms with Crippen molar-refractivity contribution in [2.75, 3.05) is 19.6 Å². The zero-order valence-electron chi connectivity index (χ0n) is 15.1. The van der Waals surface area contributed by atoms with Crippen LogP contribution in [0.3, 0.4) is 0 Å². The van der Waals surface area contributed by atoms with Gasteiger partial charge in [-0.15, -0.1) is 0 Å². The highest BCUT2D eigenvalue weighted by molar-refractivity contribution is 5.78. The van der Waals surface area contributed by atoms with E-state index in [1.807, 2.05) is 18.2 Å². The van der Waals surface area contributed by atoms with Gasteiger partial charge in [-0.05, 0) is 11.6 Å². The highest BCUT2D eigenvalue weighted by atomic mass is 19.4. The zero-order chi connectivity index (χ0) is 19.3. The van der Waals surface area contributed by atoms with Crippen molar-refractivity contribution in [2.45, 2.75) is 31.5 Å². The number of benzene rings is 2. The molecular weight excluding hydrogens is 353 g/mol. The van der Waals surface area contributed by atoms with Gasteiger partial charge in [0.15, 0.2) is 0 Å². The lowest BCUT2D eigenvalue weighted by Crippen LogP contribution is -3.11. The summed E-state index contributed by atoms with van der Waals surface area (Å²) in [5, 5.41) is 2.92. The second-order valence-corrected chi connectivity index (χ2v) is 7.01. The fourth-order valence-electron chi connectivity index (χ4n) is 3.68. The Kier molecular flexibility index (Phi) is 6.16. The Hall–Kier alpha value is -2.34. The predicted molar refractivity (Wildman–Crippen MR) is 97.3 cm³/mol. The number of carbonyl (C=O) groups excluding carboxylic acids is 1. The number of halogens is 3. The molecule has 1 amide bonds. The molecule has 1 fully saturated rings. The molecule has 1 atom stereocenters. The second-order valence-electron chi connectivity index (χ2n) is 7.01. The maximum absolute atomic E-state index is 12.8. The van der Waals surface area contributed by atoms with E-state index in [0.29, 0.717) is 12.1 Å². The molecule has 3 rings (SSSR count). The van der Waals surface area contributed by atoms with E-state index >= 15 is 0 Å². The molecule has 6 heteroatoms. The van der Waals surface area contributed by atoms with Crippen LogP contribution in [0.5, 0.6) is 0 Å². The number of quaternary nitrogens is 1. The van der Waals surface area contributed by atoms with Crippen LogP contribution in [0.15, 0.2) is 54.6 Å². The average Bonchev–Trinajstić information content (AvgIpc) is 3.17. The lowest BCUT2D eigenvalue weighted by atomic mass is 10.0. The highest BCUT2D eigenvalue weighted by Gasteiger charge is 2.31. The van der Waals surface area contributed by atoms with Crippen LogP contribution in [0, 0.1) is 0 Å². The summed E-state index contributed by atoms with van der Waals surface area (Å²) >= 11 is 0. The van der Waals surface area contributed by atoms with E-state index in [9.17, 15) is 18.0 Å². The Balaban J connectivity index is 1.63. The highest BCUT2D eigenvalue weighted by Crippen LogP contribution is 2.29. The maximum Gasteiger partial charge on any atom is 0.416 e. The summed E-state index contributed by atoms with van der Waals surface area (Å²) in [6, 6.07) is 15.2. The van der Waals surface area contributed by atoms with Crippen molar-refractivity contribution in [1.82, 2.24) is 5.32 Å². The molecule has 0 radical (unpaired) electrons. The first-order chi connectivity index (χ1) is 12.9. The standard InChI is InChI=1S/C21H23F3N2O/c22-21(23,24)18-10-6-7-16(13-18)14-20(27)25-15-19(26-11-4-5-12-26)17-8-2-1-3-9-17/h1-3,6-10,13,19H,4-5,11-12,14-15H2,(H,25,27)/p+1/t19-/m1/s1. The first-order valence-electron chi connectivity index (χ1n) is 9.26. The minimum atomic E-state index is -4.40. The molecule has 0 aliphatic carbocycles. The van der Waals surface area contributed by atoms with Crippen molar-refractivity contribution in [2.24, 2.45) is 0 Å². The normalized spacial score (nSPS) is 16.3. The van der Waals surface area contributed by atoms with Gasteiger partial charge < -0.3 is 10.2 Å². The van der Waals surface area contributed by atoms with E-state index in [0.717, 1.165) is 25.2 Å². The quantitative estimate of drug-likeness (QED) is 0.798.